The van der Waals surface area contributed by atoms with Crippen LogP contribution in [-0.2, 0) is 0 Å². The lowest BCUT2D eigenvalue weighted by molar-refractivity contribution is 0.519. The molecule has 10 heavy (non-hydrogen) atoms. The zero-order chi connectivity index (χ0) is 8.36. The van der Waals surface area contributed by atoms with Crippen molar-refractivity contribution in [2.45, 2.75) is 0 Å². The van der Waals surface area contributed by atoms with Crippen molar-refractivity contribution in [3.05, 3.63) is 12.3 Å². The molecule has 0 heterocycles. The minimum Gasteiger partial charge on any atom is -0.302 e. The van der Waals surface area contributed by atoms with Gasteiger partial charge in [0.1, 0.15) is 0 Å². The Morgan fingerprint density at radius 3 is 1.50 bits per heavy atom. The summed E-state index contributed by atoms with van der Waals surface area (Å²) in [7, 11) is 5.92. The maximum atomic E-state index is 6.27. The highest BCUT2D eigenvalue weighted by molar-refractivity contribution is 7.19. The molecule has 2 nitrogen and oxygen atoms in total. The maximum Gasteiger partial charge on any atom is 0.331 e. The van der Waals surface area contributed by atoms with Crippen LogP contribution in [0, 0.1) is 0 Å². The molecular formula is C6H15ClN2Si. The summed E-state index contributed by atoms with van der Waals surface area (Å²) in [5, 5.41) is 0. The highest BCUT2D eigenvalue weighted by Gasteiger charge is 2.33. The summed E-state index contributed by atoms with van der Waals surface area (Å²) in [4.78, 5) is 0. The van der Waals surface area contributed by atoms with Crippen LogP contribution in [0.25, 0.3) is 0 Å². The monoisotopic (exact) mass is 178 g/mol. The van der Waals surface area contributed by atoms with Crippen LogP contribution in [-0.4, -0.2) is 45.0 Å². The second-order valence-electron chi connectivity index (χ2n) is 2.63. The predicted octanol–water partition coefficient (Wildman–Crippen LogP) is 1.01. The highest BCUT2D eigenvalue weighted by atomic mass is 35.6. The van der Waals surface area contributed by atoms with Crippen LogP contribution in [0.4, 0.5) is 0 Å². The molecule has 0 fully saturated rings. The van der Waals surface area contributed by atoms with Crippen molar-refractivity contribution in [3.63, 3.8) is 0 Å². The van der Waals surface area contributed by atoms with Crippen molar-refractivity contribution in [2.24, 2.45) is 0 Å². The zero-order valence-electron chi connectivity index (χ0n) is 7.06. The Labute approximate surface area is 68.9 Å². The Bertz CT molecular complexity index is 117. The van der Waals surface area contributed by atoms with E-state index in [9.17, 15) is 0 Å². The minimum absolute atomic E-state index is 1.84. The first kappa shape index (κ1) is 10.2. The van der Waals surface area contributed by atoms with Crippen molar-refractivity contribution >= 4 is 18.8 Å². The fourth-order valence-corrected chi connectivity index (χ4v) is 2.30. The molecule has 0 saturated heterocycles. The van der Waals surface area contributed by atoms with Gasteiger partial charge in [0.05, 0.1) is 0 Å². The van der Waals surface area contributed by atoms with Gasteiger partial charge in [-0.05, 0) is 28.2 Å². The first-order valence-electron chi connectivity index (χ1n) is 3.12. The summed E-state index contributed by atoms with van der Waals surface area (Å²) in [5.74, 6) is 0. The van der Waals surface area contributed by atoms with Crippen LogP contribution >= 0.6 is 11.1 Å². The lowest BCUT2D eigenvalue weighted by Crippen LogP contribution is -2.54. The lowest BCUT2D eigenvalue weighted by Gasteiger charge is -2.33. The largest absolute Gasteiger partial charge is 0.331 e. The van der Waals surface area contributed by atoms with E-state index in [0.29, 0.717) is 0 Å². The molecule has 0 aromatic heterocycles. The summed E-state index contributed by atoms with van der Waals surface area (Å²) in [5.41, 5.74) is 1.84. The molecule has 4 heteroatoms. The van der Waals surface area contributed by atoms with Gasteiger partial charge in [-0.15, -0.1) is 17.7 Å². The van der Waals surface area contributed by atoms with Crippen molar-refractivity contribution in [2.75, 3.05) is 28.2 Å². The predicted molar refractivity (Wildman–Crippen MR) is 49.2 cm³/mol. The quantitative estimate of drug-likeness (QED) is 0.471. The number of hydrogen-bond acceptors (Lipinski definition) is 2. The van der Waals surface area contributed by atoms with Gasteiger partial charge >= 0.3 is 7.71 Å². The zero-order valence-corrected chi connectivity index (χ0v) is 8.81. The Balaban J connectivity index is 4.38. The molecule has 0 saturated carbocycles. The topological polar surface area (TPSA) is 6.48 Å². The molecule has 0 rings (SSSR count). The fourth-order valence-electron chi connectivity index (χ4n) is 0.765. The molecule has 0 bridgehead atoms. The van der Waals surface area contributed by atoms with Gasteiger partial charge in [-0.2, -0.15) is 0 Å². The van der Waals surface area contributed by atoms with Crippen molar-refractivity contribution in [1.29, 1.82) is 0 Å². The molecule has 0 atom stereocenters. The van der Waals surface area contributed by atoms with E-state index in [4.69, 9.17) is 11.1 Å². The molecule has 60 valence electrons. The average Bonchev–Trinajstić information content (AvgIpc) is 1.85. The van der Waals surface area contributed by atoms with E-state index in [-0.39, 0.29) is 0 Å². The van der Waals surface area contributed by atoms with Gasteiger partial charge in [-0.25, -0.2) is 0 Å². The molecular weight excluding hydrogens is 164 g/mol. The van der Waals surface area contributed by atoms with Gasteiger partial charge < -0.3 is 9.13 Å². The van der Waals surface area contributed by atoms with Crippen LogP contribution in [0.5, 0.6) is 0 Å². The van der Waals surface area contributed by atoms with Gasteiger partial charge in [-0.1, -0.05) is 5.70 Å². The molecule has 0 aliphatic heterocycles. The van der Waals surface area contributed by atoms with Crippen molar-refractivity contribution < 1.29 is 0 Å². The fraction of sp³-hybridized carbons (Fsp3) is 0.667. The molecule has 0 radical (unpaired) electrons. The SMILES string of the molecule is C=C[Si](Cl)(N(C)C)N(C)C. The first-order chi connectivity index (χ1) is 4.45. The lowest BCUT2D eigenvalue weighted by atomic mass is 11.2. The molecule has 0 aromatic rings. The van der Waals surface area contributed by atoms with E-state index >= 15 is 0 Å². The molecule has 0 spiro atoms. The van der Waals surface area contributed by atoms with E-state index in [1.807, 2.05) is 43.0 Å². The normalized spacial score (nSPS) is 12.7. The van der Waals surface area contributed by atoms with E-state index in [0.717, 1.165) is 0 Å². The van der Waals surface area contributed by atoms with Crippen LogP contribution in [0.2, 0.25) is 0 Å². The Kier molecular flexibility index (Phi) is 3.59. The Hall–Kier alpha value is 0.167. The summed E-state index contributed by atoms with van der Waals surface area (Å²) in [6.45, 7) is 3.72. The molecule has 0 amide bonds. The second kappa shape index (κ2) is 3.53. The number of nitrogens with zero attached hydrogens (tertiary/aromatic N) is 2. The summed E-state index contributed by atoms with van der Waals surface area (Å²) < 4.78 is 4.06. The second-order valence-corrected chi connectivity index (χ2v) is 7.77. The van der Waals surface area contributed by atoms with Gasteiger partial charge in [-0.3, -0.25) is 0 Å². The van der Waals surface area contributed by atoms with E-state index < -0.39 is 7.71 Å². The van der Waals surface area contributed by atoms with Gasteiger partial charge in [0.2, 0.25) is 0 Å². The van der Waals surface area contributed by atoms with E-state index in [2.05, 4.69) is 6.58 Å². The number of halogens is 1. The maximum absolute atomic E-state index is 6.27. The molecule has 0 aliphatic rings. The molecule has 0 aliphatic carbocycles. The third kappa shape index (κ3) is 1.82. The van der Waals surface area contributed by atoms with E-state index in [1.54, 1.807) is 0 Å². The van der Waals surface area contributed by atoms with Gasteiger partial charge in [0.25, 0.3) is 0 Å². The van der Waals surface area contributed by atoms with E-state index in [1.165, 1.54) is 0 Å². The van der Waals surface area contributed by atoms with Crippen LogP contribution in [0.3, 0.4) is 0 Å². The number of hydrogen-bond donors (Lipinski definition) is 0. The average molecular weight is 179 g/mol. The summed E-state index contributed by atoms with van der Waals surface area (Å²) >= 11 is 6.27. The Morgan fingerprint density at radius 2 is 1.50 bits per heavy atom. The van der Waals surface area contributed by atoms with Crippen LogP contribution in [0.1, 0.15) is 0 Å². The number of rotatable bonds is 3. The third-order valence-corrected chi connectivity index (χ3v) is 7.03. The Morgan fingerprint density at radius 1 is 1.20 bits per heavy atom. The smallest absolute Gasteiger partial charge is 0.302 e. The summed E-state index contributed by atoms with van der Waals surface area (Å²) in [6, 6.07) is 0. The highest BCUT2D eigenvalue weighted by Crippen LogP contribution is 2.14. The van der Waals surface area contributed by atoms with Crippen LogP contribution < -0.4 is 0 Å². The molecule has 0 unspecified atom stereocenters. The first-order valence-corrected chi connectivity index (χ1v) is 6.11. The van der Waals surface area contributed by atoms with Gasteiger partial charge in [0.15, 0.2) is 0 Å². The minimum atomic E-state index is -1.98. The molecule has 0 aromatic carbocycles. The summed E-state index contributed by atoms with van der Waals surface area (Å²) in [6.07, 6.45) is 0. The van der Waals surface area contributed by atoms with Crippen molar-refractivity contribution in [3.8, 4) is 0 Å². The third-order valence-electron chi connectivity index (χ3n) is 1.51. The standard InChI is InChI=1S/C6H15ClN2Si/c1-6-10(7,8(2)3)9(4)5/h6H,1H2,2-5H3. The van der Waals surface area contributed by atoms with Gasteiger partial charge in [0, 0.05) is 0 Å². The van der Waals surface area contributed by atoms with Crippen LogP contribution in [0.15, 0.2) is 12.3 Å². The molecule has 0 N–H and O–H groups in total. The van der Waals surface area contributed by atoms with Crippen molar-refractivity contribution in [1.82, 2.24) is 9.13 Å².